The van der Waals surface area contributed by atoms with Crippen molar-refractivity contribution in [3.63, 3.8) is 0 Å². The topological polar surface area (TPSA) is 140 Å². The summed E-state index contributed by atoms with van der Waals surface area (Å²) in [6, 6.07) is 6.20. The minimum atomic E-state index is -1.75. The maximum atomic E-state index is 12.0. The van der Waals surface area contributed by atoms with Crippen LogP contribution >= 0.6 is 0 Å². The van der Waals surface area contributed by atoms with Gasteiger partial charge in [0.1, 0.15) is 6.04 Å². The monoisotopic (exact) mass is 348 g/mol. The number of benzene rings is 1. The van der Waals surface area contributed by atoms with E-state index in [1.54, 1.807) is 6.20 Å². The van der Waals surface area contributed by atoms with Gasteiger partial charge in [0.15, 0.2) is 0 Å². The van der Waals surface area contributed by atoms with E-state index in [0.717, 1.165) is 16.5 Å². The molecule has 8 nitrogen and oxygen atoms in total. The Morgan fingerprint density at radius 3 is 2.52 bits per heavy atom. The number of fused-ring (bicyclic) bond motifs is 1. The average Bonchev–Trinajstić information content (AvgIpc) is 2.87. The van der Waals surface area contributed by atoms with Gasteiger partial charge >= 0.3 is 11.9 Å². The summed E-state index contributed by atoms with van der Waals surface area (Å²) >= 11 is 0. The largest absolute Gasteiger partial charge is 0.481 e. The van der Waals surface area contributed by atoms with Gasteiger partial charge in [-0.2, -0.15) is 0 Å². The van der Waals surface area contributed by atoms with Crippen LogP contribution in [0.3, 0.4) is 0 Å². The first-order chi connectivity index (χ1) is 11.7. The Balaban J connectivity index is 2.07. The molecule has 0 radical (unpaired) electrons. The fraction of sp³-hybridized carbons (Fsp3) is 0.353. The summed E-state index contributed by atoms with van der Waals surface area (Å²) in [6.07, 6.45) is 0.636. The summed E-state index contributed by atoms with van der Waals surface area (Å²) < 4.78 is 0. The molecule has 2 aromatic rings. The Labute approximate surface area is 143 Å². The number of hydrogen-bond donors (Lipinski definition) is 5. The van der Waals surface area contributed by atoms with Gasteiger partial charge in [0.25, 0.3) is 0 Å². The zero-order valence-electron chi connectivity index (χ0n) is 13.7. The van der Waals surface area contributed by atoms with Crippen LogP contribution in [-0.4, -0.2) is 49.8 Å². The second-order valence-corrected chi connectivity index (χ2v) is 6.27. The van der Waals surface area contributed by atoms with Crippen molar-refractivity contribution >= 4 is 28.7 Å². The number of carboxylic acid groups (broad SMARTS) is 2. The number of aromatic nitrogens is 1. The summed E-state index contributed by atoms with van der Waals surface area (Å²) in [5.41, 5.74) is -0.155. The molecule has 1 heterocycles. The Morgan fingerprint density at radius 2 is 1.88 bits per heavy atom. The number of aromatic amines is 1. The predicted molar refractivity (Wildman–Crippen MR) is 89.1 cm³/mol. The standard InChI is InChI=1S/C17H20N2O6/c1-17(25,8-15(21)22)7-14(20)19-13(16(23)24)6-10-9-18-12-5-3-2-4-11(10)12/h2-5,9,13,18,25H,6-8H2,1H3,(H,19,20)(H,21,22)(H,23,24). The molecule has 0 fully saturated rings. The molecule has 0 aliphatic rings. The van der Waals surface area contributed by atoms with Crippen LogP contribution in [0.15, 0.2) is 30.5 Å². The van der Waals surface area contributed by atoms with Gasteiger partial charge in [-0.3, -0.25) is 9.59 Å². The van der Waals surface area contributed by atoms with Gasteiger partial charge in [0, 0.05) is 23.5 Å². The van der Waals surface area contributed by atoms with Crippen molar-refractivity contribution in [1.29, 1.82) is 0 Å². The van der Waals surface area contributed by atoms with Crippen molar-refractivity contribution in [2.45, 2.75) is 37.8 Å². The Bertz CT molecular complexity index is 795. The number of H-pyrrole nitrogens is 1. The van der Waals surface area contributed by atoms with Crippen LogP contribution in [0.4, 0.5) is 0 Å². The molecule has 8 heteroatoms. The molecule has 0 spiro atoms. The number of aliphatic hydroxyl groups is 1. The molecule has 2 unspecified atom stereocenters. The van der Waals surface area contributed by atoms with Crippen LogP contribution in [0.25, 0.3) is 10.9 Å². The van der Waals surface area contributed by atoms with Crippen molar-refractivity contribution in [2.24, 2.45) is 0 Å². The highest BCUT2D eigenvalue weighted by Gasteiger charge is 2.30. The van der Waals surface area contributed by atoms with Crippen LogP contribution < -0.4 is 5.32 Å². The van der Waals surface area contributed by atoms with Crippen molar-refractivity contribution < 1.29 is 29.7 Å². The molecular formula is C17H20N2O6. The molecule has 0 aliphatic carbocycles. The second-order valence-electron chi connectivity index (χ2n) is 6.27. The van der Waals surface area contributed by atoms with Gasteiger partial charge in [-0.15, -0.1) is 0 Å². The van der Waals surface area contributed by atoms with E-state index in [0.29, 0.717) is 0 Å². The molecule has 1 aromatic carbocycles. The molecule has 0 bridgehead atoms. The number of aliphatic carboxylic acids is 2. The molecule has 2 atom stereocenters. The van der Waals surface area contributed by atoms with Crippen molar-refractivity contribution in [3.05, 3.63) is 36.0 Å². The summed E-state index contributed by atoms with van der Waals surface area (Å²) in [6.45, 7) is 1.22. The quantitative estimate of drug-likeness (QED) is 0.480. The van der Waals surface area contributed by atoms with Gasteiger partial charge in [-0.1, -0.05) is 18.2 Å². The van der Waals surface area contributed by atoms with Crippen LogP contribution in [0.1, 0.15) is 25.3 Å². The van der Waals surface area contributed by atoms with E-state index in [9.17, 15) is 24.6 Å². The first-order valence-corrected chi connectivity index (χ1v) is 7.69. The third-order valence-electron chi connectivity index (χ3n) is 3.81. The van der Waals surface area contributed by atoms with Crippen molar-refractivity contribution in [2.75, 3.05) is 0 Å². The molecule has 1 amide bonds. The molecule has 5 N–H and O–H groups in total. The highest BCUT2D eigenvalue weighted by atomic mass is 16.4. The van der Waals surface area contributed by atoms with Gasteiger partial charge in [-0.25, -0.2) is 4.79 Å². The number of carbonyl (C=O) groups excluding carboxylic acids is 1. The second kappa shape index (κ2) is 7.35. The van der Waals surface area contributed by atoms with Crippen LogP contribution in [0.5, 0.6) is 0 Å². The number of para-hydroxylation sites is 1. The Hall–Kier alpha value is -2.87. The molecule has 25 heavy (non-hydrogen) atoms. The highest BCUT2D eigenvalue weighted by Crippen LogP contribution is 2.20. The van der Waals surface area contributed by atoms with E-state index in [-0.39, 0.29) is 6.42 Å². The lowest BCUT2D eigenvalue weighted by Crippen LogP contribution is -2.45. The van der Waals surface area contributed by atoms with Crippen molar-refractivity contribution in [3.8, 4) is 0 Å². The van der Waals surface area contributed by atoms with E-state index >= 15 is 0 Å². The van der Waals surface area contributed by atoms with Crippen LogP contribution in [0, 0.1) is 0 Å². The highest BCUT2D eigenvalue weighted by molar-refractivity contribution is 5.87. The zero-order valence-corrected chi connectivity index (χ0v) is 13.7. The first-order valence-electron chi connectivity index (χ1n) is 7.69. The van der Waals surface area contributed by atoms with Gasteiger partial charge in [0.2, 0.25) is 5.91 Å². The molecular weight excluding hydrogens is 328 g/mol. The smallest absolute Gasteiger partial charge is 0.326 e. The molecule has 0 saturated carbocycles. The average molecular weight is 348 g/mol. The molecule has 0 aliphatic heterocycles. The third kappa shape index (κ3) is 5.05. The summed E-state index contributed by atoms with van der Waals surface area (Å²) in [5.74, 6) is -3.18. The minimum absolute atomic E-state index is 0.0617. The SMILES string of the molecule is CC(O)(CC(=O)O)CC(=O)NC(Cc1c[nH]c2ccccc12)C(=O)O. The Morgan fingerprint density at radius 1 is 1.20 bits per heavy atom. The normalized spacial score (nSPS) is 14.6. The lowest BCUT2D eigenvalue weighted by Gasteiger charge is -2.22. The fourth-order valence-corrected chi connectivity index (χ4v) is 2.70. The maximum Gasteiger partial charge on any atom is 0.326 e. The molecule has 1 aromatic heterocycles. The van der Waals surface area contributed by atoms with Crippen molar-refractivity contribution in [1.82, 2.24) is 10.3 Å². The van der Waals surface area contributed by atoms with Crippen LogP contribution in [-0.2, 0) is 20.8 Å². The number of hydrogen-bond acceptors (Lipinski definition) is 4. The predicted octanol–water partition coefficient (Wildman–Crippen LogP) is 0.896. The minimum Gasteiger partial charge on any atom is -0.481 e. The van der Waals surface area contributed by atoms with Crippen LogP contribution in [0.2, 0.25) is 0 Å². The van der Waals surface area contributed by atoms with E-state index in [1.807, 2.05) is 24.3 Å². The summed E-state index contributed by atoms with van der Waals surface area (Å²) in [4.78, 5) is 37.2. The van der Waals surface area contributed by atoms with Gasteiger partial charge < -0.3 is 25.6 Å². The van der Waals surface area contributed by atoms with Gasteiger partial charge in [0.05, 0.1) is 18.4 Å². The Kier molecular flexibility index (Phi) is 5.43. The number of carboxylic acids is 2. The van der Waals surface area contributed by atoms with Gasteiger partial charge in [-0.05, 0) is 18.6 Å². The van der Waals surface area contributed by atoms with E-state index in [1.165, 1.54) is 6.92 Å². The first kappa shape index (κ1) is 18.5. The molecule has 2 rings (SSSR count). The summed E-state index contributed by atoms with van der Waals surface area (Å²) in [7, 11) is 0. The number of amides is 1. The lowest BCUT2D eigenvalue weighted by molar-refractivity contribution is -0.145. The third-order valence-corrected chi connectivity index (χ3v) is 3.81. The summed E-state index contributed by atoms with van der Waals surface area (Å²) in [5, 5.41) is 31.2. The number of rotatable bonds is 8. The number of nitrogens with one attached hydrogen (secondary N) is 2. The maximum absolute atomic E-state index is 12.0. The zero-order chi connectivity index (χ0) is 18.6. The molecule has 134 valence electrons. The molecule has 0 saturated heterocycles. The number of carbonyl (C=O) groups is 3. The van der Waals surface area contributed by atoms with E-state index in [4.69, 9.17) is 5.11 Å². The lowest BCUT2D eigenvalue weighted by atomic mass is 9.97. The fourth-order valence-electron chi connectivity index (χ4n) is 2.70. The van der Waals surface area contributed by atoms with E-state index in [2.05, 4.69) is 10.3 Å². The van der Waals surface area contributed by atoms with E-state index < -0.39 is 42.3 Å².